The van der Waals surface area contributed by atoms with Crippen molar-refractivity contribution in [2.75, 3.05) is 5.73 Å². The monoisotopic (exact) mass is 309 g/mol. The van der Waals surface area contributed by atoms with E-state index in [1.54, 1.807) is 0 Å². The lowest BCUT2D eigenvalue weighted by Gasteiger charge is -2.13. The molecule has 0 bridgehead atoms. The van der Waals surface area contributed by atoms with E-state index < -0.39 is 0 Å². The summed E-state index contributed by atoms with van der Waals surface area (Å²) in [5.41, 5.74) is 9.78. The summed E-state index contributed by atoms with van der Waals surface area (Å²) in [5, 5.41) is 11.6. The summed E-state index contributed by atoms with van der Waals surface area (Å²) in [7, 11) is 0. The van der Waals surface area contributed by atoms with Crippen LogP contribution in [0.5, 0.6) is 0 Å². The fraction of sp³-hybridized carbons (Fsp3) is 0.235. The number of H-pyrrole nitrogens is 1. The molecule has 6 heteroatoms. The van der Waals surface area contributed by atoms with Gasteiger partial charge < -0.3 is 5.73 Å². The van der Waals surface area contributed by atoms with Crippen LogP contribution in [0.1, 0.15) is 25.6 Å². The van der Waals surface area contributed by atoms with E-state index in [4.69, 9.17) is 5.73 Å². The number of anilines is 1. The predicted octanol–water partition coefficient (Wildman–Crippen LogP) is 2.77. The number of aromatic nitrogens is 4. The first-order valence-corrected chi connectivity index (χ1v) is 7.49. The molecular formula is C17H19N5O. The first-order valence-electron chi connectivity index (χ1n) is 7.49. The number of aromatic amines is 1. The van der Waals surface area contributed by atoms with Crippen molar-refractivity contribution in [1.29, 1.82) is 0 Å². The Balaban J connectivity index is 2.12. The van der Waals surface area contributed by atoms with Crippen LogP contribution < -0.4 is 11.3 Å². The van der Waals surface area contributed by atoms with E-state index in [0.29, 0.717) is 17.0 Å². The Kier molecular flexibility index (Phi) is 3.73. The average molecular weight is 309 g/mol. The summed E-state index contributed by atoms with van der Waals surface area (Å²) in [5.74, 6) is 0. The molecule has 0 amide bonds. The maximum absolute atomic E-state index is 12.4. The zero-order chi connectivity index (χ0) is 16.6. The molecule has 6 nitrogen and oxygen atoms in total. The van der Waals surface area contributed by atoms with Crippen LogP contribution in [0.25, 0.3) is 22.5 Å². The molecule has 0 aliphatic rings. The SMILES string of the molecule is Cc1nn(C(C)C)c(=O)c(N)c1-c1cc(-c2ccccc2)n[nH]1. The van der Waals surface area contributed by atoms with Crippen LogP contribution in [-0.2, 0) is 0 Å². The third-order valence-corrected chi connectivity index (χ3v) is 3.73. The first kappa shape index (κ1) is 15.0. The van der Waals surface area contributed by atoms with Gasteiger partial charge in [0.1, 0.15) is 5.69 Å². The van der Waals surface area contributed by atoms with Crippen LogP contribution >= 0.6 is 0 Å². The topological polar surface area (TPSA) is 89.6 Å². The Morgan fingerprint density at radius 1 is 1.22 bits per heavy atom. The van der Waals surface area contributed by atoms with E-state index in [-0.39, 0.29) is 17.3 Å². The number of aryl methyl sites for hydroxylation is 1. The number of nitrogens with zero attached hydrogens (tertiary/aromatic N) is 3. The Morgan fingerprint density at radius 2 is 1.91 bits per heavy atom. The summed E-state index contributed by atoms with van der Waals surface area (Å²) in [4.78, 5) is 12.4. The summed E-state index contributed by atoms with van der Waals surface area (Å²) < 4.78 is 1.41. The molecular weight excluding hydrogens is 290 g/mol. The molecule has 1 aromatic carbocycles. The minimum Gasteiger partial charge on any atom is -0.394 e. The van der Waals surface area contributed by atoms with E-state index >= 15 is 0 Å². The second-order valence-electron chi connectivity index (χ2n) is 5.75. The van der Waals surface area contributed by atoms with E-state index in [9.17, 15) is 4.79 Å². The number of nitrogen functional groups attached to an aromatic ring is 1. The van der Waals surface area contributed by atoms with Gasteiger partial charge >= 0.3 is 0 Å². The fourth-order valence-electron chi connectivity index (χ4n) is 2.58. The van der Waals surface area contributed by atoms with Gasteiger partial charge in [0.2, 0.25) is 0 Å². The summed E-state index contributed by atoms with van der Waals surface area (Å²) >= 11 is 0. The van der Waals surface area contributed by atoms with Crippen LogP contribution in [-0.4, -0.2) is 20.0 Å². The number of nitrogens with two attached hydrogens (primary N) is 1. The second kappa shape index (κ2) is 5.72. The molecule has 0 unspecified atom stereocenters. The van der Waals surface area contributed by atoms with Gasteiger partial charge in [0.05, 0.1) is 28.7 Å². The minimum absolute atomic E-state index is 0.0424. The number of rotatable bonds is 3. The number of benzene rings is 1. The molecule has 23 heavy (non-hydrogen) atoms. The third-order valence-electron chi connectivity index (χ3n) is 3.73. The van der Waals surface area contributed by atoms with Crippen LogP contribution in [0.2, 0.25) is 0 Å². The van der Waals surface area contributed by atoms with Crippen molar-refractivity contribution >= 4 is 5.69 Å². The molecule has 0 radical (unpaired) electrons. The maximum Gasteiger partial charge on any atom is 0.290 e. The Bertz CT molecular complexity index is 893. The highest BCUT2D eigenvalue weighted by molar-refractivity contribution is 5.77. The highest BCUT2D eigenvalue weighted by Crippen LogP contribution is 2.28. The lowest BCUT2D eigenvalue weighted by molar-refractivity contribution is 0.499. The number of hydrogen-bond donors (Lipinski definition) is 2. The molecule has 3 aromatic rings. The van der Waals surface area contributed by atoms with Crippen molar-refractivity contribution in [2.24, 2.45) is 0 Å². The molecule has 0 spiro atoms. The normalized spacial score (nSPS) is 11.1. The predicted molar refractivity (Wildman–Crippen MR) is 91.0 cm³/mol. The largest absolute Gasteiger partial charge is 0.394 e. The van der Waals surface area contributed by atoms with Crippen molar-refractivity contribution in [1.82, 2.24) is 20.0 Å². The molecule has 0 fully saturated rings. The zero-order valence-electron chi connectivity index (χ0n) is 13.4. The molecule has 2 heterocycles. The van der Waals surface area contributed by atoms with Gasteiger partial charge in [0.25, 0.3) is 5.56 Å². The van der Waals surface area contributed by atoms with Gasteiger partial charge in [-0.1, -0.05) is 30.3 Å². The maximum atomic E-state index is 12.4. The number of nitrogens with one attached hydrogen (secondary N) is 1. The third kappa shape index (κ3) is 2.63. The van der Waals surface area contributed by atoms with Gasteiger partial charge in [-0.15, -0.1) is 0 Å². The van der Waals surface area contributed by atoms with Gasteiger partial charge in [-0.2, -0.15) is 10.2 Å². The minimum atomic E-state index is -0.281. The van der Waals surface area contributed by atoms with E-state index in [2.05, 4.69) is 15.3 Å². The Morgan fingerprint density at radius 3 is 2.57 bits per heavy atom. The van der Waals surface area contributed by atoms with Gasteiger partial charge in [-0.25, -0.2) is 4.68 Å². The van der Waals surface area contributed by atoms with E-state index in [1.807, 2.05) is 57.2 Å². The van der Waals surface area contributed by atoms with Gasteiger partial charge in [-0.05, 0) is 26.8 Å². The fourth-order valence-corrected chi connectivity index (χ4v) is 2.58. The molecule has 0 saturated carbocycles. The van der Waals surface area contributed by atoms with Crippen LogP contribution in [0, 0.1) is 6.92 Å². The Hall–Kier alpha value is -2.89. The summed E-state index contributed by atoms with van der Waals surface area (Å²) in [6.45, 7) is 5.64. The van der Waals surface area contributed by atoms with Gasteiger partial charge in [0.15, 0.2) is 0 Å². The van der Waals surface area contributed by atoms with E-state index in [0.717, 1.165) is 11.3 Å². The highest BCUT2D eigenvalue weighted by atomic mass is 16.1. The van der Waals surface area contributed by atoms with Crippen molar-refractivity contribution in [2.45, 2.75) is 26.8 Å². The van der Waals surface area contributed by atoms with Crippen molar-refractivity contribution in [3.63, 3.8) is 0 Å². The second-order valence-corrected chi connectivity index (χ2v) is 5.75. The van der Waals surface area contributed by atoms with Crippen LogP contribution in [0.15, 0.2) is 41.2 Å². The molecule has 0 aliphatic heterocycles. The van der Waals surface area contributed by atoms with Gasteiger partial charge in [0, 0.05) is 5.56 Å². The summed E-state index contributed by atoms with van der Waals surface area (Å²) in [6.07, 6.45) is 0. The molecule has 0 atom stereocenters. The molecule has 118 valence electrons. The lowest BCUT2D eigenvalue weighted by atomic mass is 10.1. The molecule has 3 rings (SSSR count). The quantitative estimate of drug-likeness (QED) is 0.778. The standard InChI is InChI=1S/C17H19N5O/c1-10(2)22-17(23)16(18)15(11(3)21-22)14-9-13(19-20-14)12-7-5-4-6-8-12/h4-10H,18H2,1-3H3,(H,19,20). The summed E-state index contributed by atoms with van der Waals surface area (Å²) in [6, 6.07) is 11.7. The average Bonchev–Trinajstić information content (AvgIpc) is 3.01. The molecule has 3 N–H and O–H groups in total. The molecule has 0 aliphatic carbocycles. The number of hydrogen-bond acceptors (Lipinski definition) is 4. The van der Waals surface area contributed by atoms with Crippen molar-refractivity contribution in [3.8, 4) is 22.5 Å². The van der Waals surface area contributed by atoms with Crippen LogP contribution in [0.4, 0.5) is 5.69 Å². The van der Waals surface area contributed by atoms with Crippen molar-refractivity contribution in [3.05, 3.63) is 52.4 Å². The van der Waals surface area contributed by atoms with Crippen LogP contribution in [0.3, 0.4) is 0 Å². The van der Waals surface area contributed by atoms with Crippen molar-refractivity contribution < 1.29 is 0 Å². The first-order chi connectivity index (χ1) is 11.0. The Labute approximate surface area is 134 Å². The molecule has 0 saturated heterocycles. The lowest BCUT2D eigenvalue weighted by Crippen LogP contribution is -2.28. The van der Waals surface area contributed by atoms with E-state index in [1.165, 1.54) is 4.68 Å². The molecule has 2 aromatic heterocycles. The smallest absolute Gasteiger partial charge is 0.290 e. The van der Waals surface area contributed by atoms with Gasteiger partial charge in [-0.3, -0.25) is 9.89 Å². The zero-order valence-corrected chi connectivity index (χ0v) is 13.4. The highest BCUT2D eigenvalue weighted by Gasteiger charge is 2.17.